The molecule has 5 rings (SSSR count). The Balaban J connectivity index is 1.30. The molecule has 0 bridgehead atoms. The summed E-state index contributed by atoms with van der Waals surface area (Å²) in [6, 6.07) is 20.5. The molecule has 1 aliphatic rings. The molecule has 1 fully saturated rings. The van der Waals surface area contributed by atoms with Crippen molar-refractivity contribution in [1.29, 1.82) is 0 Å². The molecule has 2 aromatic carbocycles. The molecule has 33 heavy (non-hydrogen) atoms. The van der Waals surface area contributed by atoms with Crippen LogP contribution in [0, 0.1) is 0 Å². The van der Waals surface area contributed by atoms with E-state index >= 15 is 0 Å². The summed E-state index contributed by atoms with van der Waals surface area (Å²) in [5, 5.41) is 16.3. The van der Waals surface area contributed by atoms with Gasteiger partial charge < -0.3 is 14.5 Å². The quantitative estimate of drug-likeness (QED) is 0.410. The lowest BCUT2D eigenvalue weighted by atomic mass is 10.3. The summed E-state index contributed by atoms with van der Waals surface area (Å²) < 4.78 is 12.6. The SMILES string of the molecule is COc1ccc(N=C2NC(=O)/C(=C/c3ccc(Sc4nnnn4-c4ccccc4)o3)S2)cc1. The number of aliphatic imine (C=N–C) groups is 1. The van der Waals surface area contributed by atoms with Gasteiger partial charge >= 0.3 is 0 Å². The summed E-state index contributed by atoms with van der Waals surface area (Å²) in [5.41, 5.74) is 1.56. The molecule has 1 saturated heterocycles. The number of ether oxygens (including phenoxy) is 1. The average Bonchev–Trinajstić information content (AvgIpc) is 3.57. The minimum Gasteiger partial charge on any atom is -0.497 e. The van der Waals surface area contributed by atoms with E-state index in [0.29, 0.717) is 31.8 Å². The maximum atomic E-state index is 12.4. The highest BCUT2D eigenvalue weighted by atomic mass is 32.2. The summed E-state index contributed by atoms with van der Waals surface area (Å²) in [4.78, 5) is 17.3. The Morgan fingerprint density at radius 1 is 1.12 bits per heavy atom. The first-order valence-corrected chi connectivity index (χ1v) is 11.4. The summed E-state index contributed by atoms with van der Waals surface area (Å²) in [5.74, 6) is 1.05. The Hall–Kier alpha value is -3.83. The fourth-order valence-corrected chi connectivity index (χ4v) is 4.50. The zero-order valence-corrected chi connectivity index (χ0v) is 18.8. The van der Waals surface area contributed by atoms with Gasteiger partial charge in [0, 0.05) is 6.08 Å². The number of tetrazole rings is 1. The summed E-state index contributed by atoms with van der Waals surface area (Å²) in [6.07, 6.45) is 1.68. The maximum Gasteiger partial charge on any atom is 0.264 e. The van der Waals surface area contributed by atoms with Gasteiger partial charge in [-0.3, -0.25) is 4.79 Å². The number of thioether (sulfide) groups is 1. The number of nitrogens with zero attached hydrogens (tertiary/aromatic N) is 5. The second kappa shape index (κ2) is 9.35. The minimum atomic E-state index is -0.231. The van der Waals surface area contributed by atoms with Crippen LogP contribution in [0.25, 0.3) is 11.8 Å². The van der Waals surface area contributed by atoms with Crippen LogP contribution in [-0.4, -0.2) is 38.4 Å². The van der Waals surface area contributed by atoms with Crippen molar-refractivity contribution < 1.29 is 13.9 Å². The van der Waals surface area contributed by atoms with Gasteiger partial charge in [0.25, 0.3) is 5.91 Å². The van der Waals surface area contributed by atoms with Gasteiger partial charge in [-0.1, -0.05) is 18.2 Å². The average molecular weight is 477 g/mol. The van der Waals surface area contributed by atoms with Gasteiger partial charge in [-0.2, -0.15) is 4.68 Å². The van der Waals surface area contributed by atoms with Crippen molar-refractivity contribution >= 4 is 46.4 Å². The van der Waals surface area contributed by atoms with Crippen LogP contribution in [0.1, 0.15) is 5.76 Å². The normalized spacial score (nSPS) is 15.8. The van der Waals surface area contributed by atoms with E-state index < -0.39 is 0 Å². The zero-order chi connectivity index (χ0) is 22.6. The molecule has 2 aromatic heterocycles. The number of furan rings is 1. The number of amides is 1. The Labute approximate surface area is 196 Å². The molecule has 4 aromatic rings. The smallest absolute Gasteiger partial charge is 0.264 e. The predicted molar refractivity (Wildman–Crippen MR) is 126 cm³/mol. The van der Waals surface area contributed by atoms with Gasteiger partial charge in [-0.25, -0.2) is 4.99 Å². The molecule has 0 saturated carbocycles. The first-order valence-electron chi connectivity index (χ1n) is 9.73. The van der Waals surface area contributed by atoms with Crippen LogP contribution in [0.3, 0.4) is 0 Å². The number of carbonyl (C=O) groups is 1. The van der Waals surface area contributed by atoms with E-state index in [1.165, 1.54) is 23.5 Å². The molecule has 1 amide bonds. The molecule has 9 nitrogen and oxygen atoms in total. The van der Waals surface area contributed by atoms with Gasteiger partial charge in [0.1, 0.15) is 11.5 Å². The van der Waals surface area contributed by atoms with Crippen molar-refractivity contribution in [2.24, 2.45) is 4.99 Å². The lowest BCUT2D eigenvalue weighted by Gasteiger charge is -2.01. The molecular formula is C22H16N6O3S2. The molecule has 0 spiro atoms. The number of benzene rings is 2. The number of methoxy groups -OCH3 is 1. The number of para-hydroxylation sites is 1. The molecule has 1 aliphatic heterocycles. The van der Waals surface area contributed by atoms with E-state index in [2.05, 4.69) is 25.8 Å². The van der Waals surface area contributed by atoms with Crippen LogP contribution in [0.4, 0.5) is 5.69 Å². The van der Waals surface area contributed by atoms with Crippen LogP contribution < -0.4 is 10.1 Å². The van der Waals surface area contributed by atoms with E-state index in [9.17, 15) is 4.79 Å². The van der Waals surface area contributed by atoms with E-state index in [1.807, 2.05) is 60.7 Å². The van der Waals surface area contributed by atoms with Gasteiger partial charge in [0.05, 0.1) is 23.4 Å². The van der Waals surface area contributed by atoms with Crippen molar-refractivity contribution in [1.82, 2.24) is 25.5 Å². The van der Waals surface area contributed by atoms with Crippen molar-refractivity contribution in [3.05, 3.63) is 77.4 Å². The molecular weight excluding hydrogens is 460 g/mol. The first kappa shape index (κ1) is 21.0. The van der Waals surface area contributed by atoms with Crippen molar-refractivity contribution in [2.75, 3.05) is 7.11 Å². The lowest BCUT2D eigenvalue weighted by Crippen LogP contribution is -2.19. The largest absolute Gasteiger partial charge is 0.497 e. The predicted octanol–water partition coefficient (Wildman–Crippen LogP) is 4.31. The number of amidine groups is 1. The van der Waals surface area contributed by atoms with E-state index in [0.717, 1.165) is 11.4 Å². The highest BCUT2D eigenvalue weighted by molar-refractivity contribution is 8.18. The van der Waals surface area contributed by atoms with E-state index in [1.54, 1.807) is 23.9 Å². The molecule has 164 valence electrons. The molecule has 0 unspecified atom stereocenters. The van der Waals surface area contributed by atoms with Gasteiger partial charge in [-0.05, 0) is 82.5 Å². The summed E-state index contributed by atoms with van der Waals surface area (Å²) in [7, 11) is 1.61. The Morgan fingerprint density at radius 3 is 2.73 bits per heavy atom. The Morgan fingerprint density at radius 2 is 1.94 bits per heavy atom. The third-order valence-electron chi connectivity index (χ3n) is 4.46. The maximum absolute atomic E-state index is 12.4. The van der Waals surface area contributed by atoms with E-state index in [-0.39, 0.29) is 5.91 Å². The van der Waals surface area contributed by atoms with E-state index in [4.69, 9.17) is 9.15 Å². The molecule has 0 aliphatic carbocycles. The summed E-state index contributed by atoms with van der Waals surface area (Å²) >= 11 is 2.54. The topological polar surface area (TPSA) is 107 Å². The van der Waals surface area contributed by atoms with Crippen LogP contribution in [0.15, 0.2) is 91.3 Å². The summed E-state index contributed by atoms with van der Waals surface area (Å²) in [6.45, 7) is 0. The third-order valence-corrected chi connectivity index (χ3v) is 6.23. The Kier molecular flexibility index (Phi) is 5.96. The lowest BCUT2D eigenvalue weighted by molar-refractivity contribution is -0.115. The minimum absolute atomic E-state index is 0.231. The van der Waals surface area contributed by atoms with Crippen molar-refractivity contribution in [2.45, 2.75) is 10.2 Å². The highest BCUT2D eigenvalue weighted by Gasteiger charge is 2.24. The van der Waals surface area contributed by atoms with Crippen LogP contribution in [-0.2, 0) is 4.79 Å². The zero-order valence-electron chi connectivity index (χ0n) is 17.2. The molecule has 1 N–H and O–H groups in total. The number of hydrogen-bond donors (Lipinski definition) is 1. The molecule has 3 heterocycles. The fraction of sp³-hybridized carbons (Fsp3) is 0.0455. The fourth-order valence-electron chi connectivity index (χ4n) is 2.91. The molecule has 0 radical (unpaired) electrons. The third kappa shape index (κ3) is 4.83. The van der Waals surface area contributed by atoms with Gasteiger partial charge in [0.15, 0.2) is 10.3 Å². The van der Waals surface area contributed by atoms with Crippen LogP contribution >= 0.6 is 23.5 Å². The number of hydrogen-bond acceptors (Lipinski definition) is 9. The second-order valence-electron chi connectivity index (χ2n) is 6.65. The van der Waals surface area contributed by atoms with Crippen LogP contribution in [0.5, 0.6) is 5.75 Å². The molecule has 0 atom stereocenters. The number of aromatic nitrogens is 4. The molecule has 11 heteroatoms. The number of carbonyl (C=O) groups excluding carboxylic acids is 1. The van der Waals surface area contributed by atoms with Gasteiger partial charge in [0.2, 0.25) is 5.16 Å². The van der Waals surface area contributed by atoms with Crippen molar-refractivity contribution in [3.8, 4) is 11.4 Å². The number of nitrogens with one attached hydrogen (secondary N) is 1. The monoisotopic (exact) mass is 476 g/mol. The Bertz CT molecular complexity index is 1350. The van der Waals surface area contributed by atoms with Gasteiger partial charge in [-0.15, -0.1) is 5.10 Å². The first-order chi connectivity index (χ1) is 16.2. The van der Waals surface area contributed by atoms with Crippen LogP contribution in [0.2, 0.25) is 0 Å². The highest BCUT2D eigenvalue weighted by Crippen LogP contribution is 2.32. The number of rotatable bonds is 6. The second-order valence-corrected chi connectivity index (χ2v) is 8.65. The standard InChI is InChI=1S/C22H16N6O3S2/c1-30-16-9-7-14(8-10-16)23-21-24-20(29)18(32-21)13-17-11-12-19(31-17)33-22-25-26-27-28(22)15-5-3-2-4-6-15/h2-13H,1H3,(H,23,24,29)/b18-13-. The van der Waals surface area contributed by atoms with Crippen molar-refractivity contribution in [3.63, 3.8) is 0 Å².